The zero-order valence-electron chi connectivity index (χ0n) is 17.8. The van der Waals surface area contributed by atoms with Crippen LogP contribution in [-0.2, 0) is 0 Å². The summed E-state index contributed by atoms with van der Waals surface area (Å²) >= 11 is 0. The molecular weight excluding hydrogens is 362 g/mol. The Kier molecular flexibility index (Phi) is 3.81. The maximum atomic E-state index is 6.35. The van der Waals surface area contributed by atoms with Gasteiger partial charge in [0, 0.05) is 66.6 Å². The number of aromatic nitrogens is 1. The fraction of sp³-hybridized carbons (Fsp3) is 0.348. The van der Waals surface area contributed by atoms with Crippen LogP contribution in [0.3, 0.4) is 0 Å². The number of fused-ring (bicyclic) bond motifs is 3. The minimum Gasteiger partial charge on any atom is -0.435 e. The van der Waals surface area contributed by atoms with E-state index >= 15 is 0 Å². The molecule has 0 radical (unpaired) electrons. The largest absolute Gasteiger partial charge is 0.435 e. The van der Waals surface area contributed by atoms with Crippen LogP contribution < -0.4 is 9.80 Å². The Balaban J connectivity index is 1.83. The molecular formula is C23H27N5O. The molecule has 0 amide bonds. The molecule has 0 saturated carbocycles. The van der Waals surface area contributed by atoms with Crippen LogP contribution in [0.2, 0.25) is 0 Å². The van der Waals surface area contributed by atoms with Gasteiger partial charge in [-0.25, -0.2) is 4.98 Å². The van der Waals surface area contributed by atoms with Gasteiger partial charge in [0.2, 0.25) is 5.71 Å². The van der Waals surface area contributed by atoms with E-state index in [2.05, 4.69) is 102 Å². The number of hydrogen-bond acceptors (Lipinski definition) is 6. The zero-order chi connectivity index (χ0) is 20.4. The summed E-state index contributed by atoms with van der Waals surface area (Å²) in [4.78, 5) is 13.7. The normalized spacial score (nSPS) is 21.6. The lowest BCUT2D eigenvalue weighted by Gasteiger charge is -2.32. The van der Waals surface area contributed by atoms with E-state index in [1.54, 1.807) is 0 Å². The number of rotatable bonds is 2. The summed E-state index contributed by atoms with van der Waals surface area (Å²) in [5.74, 6) is 0. The van der Waals surface area contributed by atoms with E-state index in [4.69, 9.17) is 4.42 Å². The summed E-state index contributed by atoms with van der Waals surface area (Å²) in [6.07, 6.45) is 8.99. The molecule has 29 heavy (non-hydrogen) atoms. The second-order valence-corrected chi connectivity index (χ2v) is 8.16. The van der Waals surface area contributed by atoms with E-state index in [1.807, 2.05) is 6.92 Å². The molecule has 0 fully saturated rings. The molecule has 2 atom stereocenters. The second kappa shape index (κ2) is 6.17. The predicted molar refractivity (Wildman–Crippen MR) is 119 cm³/mol. The van der Waals surface area contributed by atoms with E-state index in [-0.39, 0.29) is 12.3 Å². The van der Waals surface area contributed by atoms with E-state index in [1.165, 1.54) is 11.3 Å². The quantitative estimate of drug-likeness (QED) is 0.631. The Hall–Kier alpha value is -3.15. The third-order valence-electron chi connectivity index (χ3n) is 6.41. The van der Waals surface area contributed by atoms with E-state index in [0.29, 0.717) is 5.71 Å². The van der Waals surface area contributed by atoms with Crippen LogP contribution in [0.25, 0.3) is 22.1 Å². The Labute approximate surface area is 171 Å². The minimum atomic E-state index is 0.212. The summed E-state index contributed by atoms with van der Waals surface area (Å²) in [6, 6.07) is 6.43. The fourth-order valence-electron chi connectivity index (χ4n) is 4.31. The molecule has 6 heteroatoms. The van der Waals surface area contributed by atoms with Gasteiger partial charge < -0.3 is 24.0 Å². The van der Waals surface area contributed by atoms with Gasteiger partial charge in [0.05, 0.1) is 5.69 Å². The summed E-state index contributed by atoms with van der Waals surface area (Å²) in [7, 11) is 4.21. The summed E-state index contributed by atoms with van der Waals surface area (Å²) in [5, 5.41) is 2.16. The maximum absolute atomic E-state index is 6.35. The minimum absolute atomic E-state index is 0.212. The maximum Gasteiger partial charge on any atom is 0.227 e. The summed E-state index contributed by atoms with van der Waals surface area (Å²) in [5.41, 5.74) is 6.06. The third kappa shape index (κ3) is 2.51. The van der Waals surface area contributed by atoms with Gasteiger partial charge >= 0.3 is 0 Å². The van der Waals surface area contributed by atoms with Crippen LogP contribution in [0.15, 0.2) is 47.4 Å². The van der Waals surface area contributed by atoms with Crippen molar-refractivity contribution in [3.05, 3.63) is 54.3 Å². The van der Waals surface area contributed by atoms with Crippen LogP contribution in [0.1, 0.15) is 25.1 Å². The molecule has 0 unspecified atom stereocenters. The van der Waals surface area contributed by atoms with Gasteiger partial charge in [-0.1, -0.05) is 0 Å². The third-order valence-corrected chi connectivity index (χ3v) is 6.41. The molecule has 4 heterocycles. The first-order valence-corrected chi connectivity index (χ1v) is 10.1. The van der Waals surface area contributed by atoms with Gasteiger partial charge in [0.25, 0.3) is 0 Å². The lowest BCUT2D eigenvalue weighted by molar-refractivity contribution is 0.381. The number of hydrogen-bond donors (Lipinski definition) is 0. The van der Waals surface area contributed by atoms with Crippen molar-refractivity contribution in [2.75, 3.05) is 23.9 Å². The summed E-state index contributed by atoms with van der Waals surface area (Å²) in [6.45, 7) is 8.60. The molecule has 0 N–H and O–H groups in total. The highest BCUT2D eigenvalue weighted by Gasteiger charge is 2.30. The molecule has 2 aromatic heterocycles. The first-order valence-electron chi connectivity index (χ1n) is 10.1. The van der Waals surface area contributed by atoms with Crippen molar-refractivity contribution in [1.82, 2.24) is 14.8 Å². The molecule has 0 spiro atoms. The van der Waals surface area contributed by atoms with Crippen molar-refractivity contribution in [1.29, 1.82) is 0 Å². The predicted octanol–water partition coefficient (Wildman–Crippen LogP) is 4.74. The first kappa shape index (κ1) is 17.9. The standard InChI is InChI=1S/C23H27N5O/c1-14-7-8-18-19-13-20(27-11-9-25(5)16(27)3)15(2)21(22(19)29-23(18)24-14)28-12-10-26(6)17(28)4/h7-13,16-17H,1-6H3/t16-,17+/m1/s1. The van der Waals surface area contributed by atoms with Crippen molar-refractivity contribution in [2.45, 2.75) is 40.0 Å². The Morgan fingerprint density at radius 3 is 2.14 bits per heavy atom. The number of aryl methyl sites for hydroxylation is 1. The van der Waals surface area contributed by atoms with Gasteiger partial charge in [0.15, 0.2) is 5.58 Å². The lowest BCUT2D eigenvalue weighted by atomic mass is 10.0. The first-order chi connectivity index (χ1) is 13.9. The average molecular weight is 390 g/mol. The van der Waals surface area contributed by atoms with Crippen molar-refractivity contribution in [3.63, 3.8) is 0 Å². The highest BCUT2D eigenvalue weighted by atomic mass is 16.3. The van der Waals surface area contributed by atoms with Crippen molar-refractivity contribution >= 4 is 33.4 Å². The molecule has 2 aliphatic rings. The molecule has 5 rings (SSSR count). The van der Waals surface area contributed by atoms with Crippen LogP contribution in [-0.4, -0.2) is 41.2 Å². The fourth-order valence-corrected chi connectivity index (χ4v) is 4.31. The summed E-state index contributed by atoms with van der Waals surface area (Å²) < 4.78 is 6.35. The number of nitrogens with zero attached hydrogens (tertiary/aromatic N) is 5. The topological polar surface area (TPSA) is 39.0 Å². The Morgan fingerprint density at radius 2 is 1.52 bits per heavy atom. The van der Waals surface area contributed by atoms with Gasteiger partial charge in [-0.15, -0.1) is 0 Å². The molecule has 3 aromatic rings. The second-order valence-electron chi connectivity index (χ2n) is 8.16. The number of furan rings is 1. The number of pyridine rings is 1. The molecule has 0 saturated heterocycles. The molecule has 6 nitrogen and oxygen atoms in total. The van der Waals surface area contributed by atoms with Crippen molar-refractivity contribution in [2.24, 2.45) is 0 Å². The highest BCUT2D eigenvalue weighted by molar-refractivity contribution is 6.11. The molecule has 2 aliphatic heterocycles. The van der Waals surface area contributed by atoms with Crippen LogP contribution in [0.5, 0.6) is 0 Å². The smallest absolute Gasteiger partial charge is 0.227 e. The van der Waals surface area contributed by atoms with E-state index in [9.17, 15) is 0 Å². The van der Waals surface area contributed by atoms with Crippen molar-refractivity contribution < 1.29 is 4.42 Å². The van der Waals surface area contributed by atoms with Gasteiger partial charge in [-0.2, -0.15) is 0 Å². The van der Waals surface area contributed by atoms with Crippen LogP contribution in [0, 0.1) is 13.8 Å². The van der Waals surface area contributed by atoms with E-state index in [0.717, 1.165) is 27.7 Å². The SMILES string of the molecule is Cc1ccc2c(n1)oc1c(N3C=CN(C)[C@@H]3C)c(C)c(N3C=CN(C)[C@H]3C)cc12. The number of benzene rings is 1. The molecule has 150 valence electrons. The van der Waals surface area contributed by atoms with Crippen LogP contribution >= 0.6 is 0 Å². The van der Waals surface area contributed by atoms with Crippen molar-refractivity contribution in [3.8, 4) is 0 Å². The average Bonchev–Trinajstić information content (AvgIpc) is 3.32. The lowest BCUT2D eigenvalue weighted by Crippen LogP contribution is -2.35. The molecule has 0 bridgehead atoms. The zero-order valence-corrected chi connectivity index (χ0v) is 17.8. The van der Waals surface area contributed by atoms with E-state index < -0.39 is 0 Å². The van der Waals surface area contributed by atoms with Gasteiger partial charge in [0.1, 0.15) is 12.3 Å². The Bertz CT molecular complexity index is 1180. The highest BCUT2D eigenvalue weighted by Crippen LogP contribution is 2.44. The monoisotopic (exact) mass is 389 g/mol. The molecule has 0 aliphatic carbocycles. The Morgan fingerprint density at radius 1 is 0.862 bits per heavy atom. The van der Waals surface area contributed by atoms with Crippen LogP contribution in [0.4, 0.5) is 11.4 Å². The van der Waals surface area contributed by atoms with Gasteiger partial charge in [-0.05, 0) is 45.9 Å². The number of anilines is 2. The van der Waals surface area contributed by atoms with Gasteiger partial charge in [-0.3, -0.25) is 0 Å². The molecule has 1 aromatic carbocycles.